The Morgan fingerprint density at radius 2 is 2.04 bits per heavy atom. The predicted molar refractivity (Wildman–Crippen MR) is 97.8 cm³/mol. The number of benzene rings is 1. The van der Waals surface area contributed by atoms with E-state index in [9.17, 15) is 4.79 Å². The Balaban J connectivity index is 1.76. The molecular formula is C19H31N3O2. The van der Waals surface area contributed by atoms with Crippen molar-refractivity contribution < 1.29 is 9.53 Å². The monoisotopic (exact) mass is 333 g/mol. The highest BCUT2D eigenvalue weighted by Gasteiger charge is 2.17. The molecule has 134 valence electrons. The molecule has 24 heavy (non-hydrogen) atoms. The molecule has 1 aromatic carbocycles. The summed E-state index contributed by atoms with van der Waals surface area (Å²) in [6, 6.07) is 6.43. The number of nitrogens with one attached hydrogen (secondary N) is 1. The second kappa shape index (κ2) is 8.92. The summed E-state index contributed by atoms with van der Waals surface area (Å²) in [5.41, 5.74) is 2.75. The topological polar surface area (TPSA) is 44.8 Å². The van der Waals surface area contributed by atoms with Gasteiger partial charge < -0.3 is 19.9 Å². The third-order valence-corrected chi connectivity index (χ3v) is 4.41. The van der Waals surface area contributed by atoms with E-state index in [-0.39, 0.29) is 12.1 Å². The summed E-state index contributed by atoms with van der Waals surface area (Å²) < 4.78 is 5.90. The highest BCUT2D eigenvalue weighted by atomic mass is 16.5. The van der Waals surface area contributed by atoms with Crippen molar-refractivity contribution in [2.24, 2.45) is 0 Å². The molecule has 0 aliphatic heterocycles. The Labute approximate surface area is 146 Å². The first kappa shape index (κ1) is 18.6. The minimum Gasteiger partial charge on any atom is -0.491 e. The van der Waals surface area contributed by atoms with Gasteiger partial charge in [-0.2, -0.15) is 0 Å². The van der Waals surface area contributed by atoms with Crippen molar-refractivity contribution in [1.82, 2.24) is 15.1 Å². The fourth-order valence-electron chi connectivity index (χ4n) is 3.04. The van der Waals surface area contributed by atoms with Gasteiger partial charge in [-0.1, -0.05) is 12.1 Å². The number of fused-ring (bicyclic) bond motifs is 1. The van der Waals surface area contributed by atoms with Crippen LogP contribution < -0.4 is 10.1 Å². The van der Waals surface area contributed by atoms with Crippen molar-refractivity contribution in [2.75, 3.05) is 40.3 Å². The summed E-state index contributed by atoms with van der Waals surface area (Å²) in [5, 5.41) is 2.97. The first-order valence-electron chi connectivity index (χ1n) is 8.91. The third kappa shape index (κ3) is 5.13. The van der Waals surface area contributed by atoms with Gasteiger partial charge in [0, 0.05) is 19.1 Å². The van der Waals surface area contributed by atoms with Gasteiger partial charge in [0.2, 0.25) is 0 Å². The quantitative estimate of drug-likeness (QED) is 0.744. The van der Waals surface area contributed by atoms with Crippen LogP contribution in [0.25, 0.3) is 0 Å². The second-order valence-corrected chi connectivity index (χ2v) is 6.92. The smallest absolute Gasteiger partial charge is 0.317 e. The van der Waals surface area contributed by atoms with Gasteiger partial charge in [0.15, 0.2) is 0 Å². The third-order valence-electron chi connectivity index (χ3n) is 4.41. The van der Waals surface area contributed by atoms with E-state index in [2.05, 4.69) is 22.3 Å². The minimum absolute atomic E-state index is 0.0197. The standard InChI is InChI=1S/C19H31N3O2/c1-15(2)22(13-12-21(3)4)19(23)20-11-14-24-18-10-6-8-16-7-5-9-17(16)18/h6,8,10,15H,5,7,9,11-14H2,1-4H3,(H,20,23). The van der Waals surface area contributed by atoms with Gasteiger partial charge in [0.25, 0.3) is 0 Å². The number of likely N-dealkylation sites (N-methyl/N-ethyl adjacent to an activating group) is 1. The molecule has 0 fully saturated rings. The maximum absolute atomic E-state index is 12.3. The molecule has 0 spiro atoms. The van der Waals surface area contributed by atoms with Crippen LogP contribution in [0.3, 0.4) is 0 Å². The van der Waals surface area contributed by atoms with E-state index in [0.29, 0.717) is 13.2 Å². The SMILES string of the molecule is CC(C)N(CCN(C)C)C(=O)NCCOc1cccc2c1CCC2. The number of hydrogen-bond donors (Lipinski definition) is 1. The zero-order valence-electron chi connectivity index (χ0n) is 15.5. The Morgan fingerprint density at radius 3 is 2.75 bits per heavy atom. The first-order chi connectivity index (χ1) is 11.5. The fourth-order valence-corrected chi connectivity index (χ4v) is 3.04. The molecule has 0 radical (unpaired) electrons. The van der Waals surface area contributed by atoms with Crippen molar-refractivity contribution in [2.45, 2.75) is 39.2 Å². The highest BCUT2D eigenvalue weighted by molar-refractivity contribution is 5.74. The number of nitrogens with zero attached hydrogens (tertiary/aromatic N) is 2. The van der Waals surface area contributed by atoms with Crippen LogP contribution in [0.5, 0.6) is 5.75 Å². The van der Waals surface area contributed by atoms with Gasteiger partial charge in [-0.25, -0.2) is 4.79 Å². The lowest BCUT2D eigenvalue weighted by atomic mass is 10.1. The van der Waals surface area contributed by atoms with E-state index in [4.69, 9.17) is 4.74 Å². The van der Waals surface area contributed by atoms with Crippen molar-refractivity contribution in [1.29, 1.82) is 0 Å². The van der Waals surface area contributed by atoms with E-state index in [1.807, 2.05) is 38.9 Å². The van der Waals surface area contributed by atoms with Gasteiger partial charge in [0.05, 0.1) is 6.54 Å². The lowest BCUT2D eigenvalue weighted by Crippen LogP contribution is -2.47. The molecular weight excluding hydrogens is 302 g/mol. The first-order valence-corrected chi connectivity index (χ1v) is 8.91. The summed E-state index contributed by atoms with van der Waals surface area (Å²) in [7, 11) is 4.03. The molecule has 1 aliphatic carbocycles. The minimum atomic E-state index is -0.0197. The lowest BCUT2D eigenvalue weighted by Gasteiger charge is -2.28. The molecule has 0 saturated carbocycles. The summed E-state index contributed by atoms with van der Waals surface area (Å²) in [6.07, 6.45) is 3.46. The van der Waals surface area contributed by atoms with Gasteiger partial charge in [-0.15, -0.1) is 0 Å². The second-order valence-electron chi connectivity index (χ2n) is 6.92. The Hall–Kier alpha value is -1.75. The molecule has 2 amide bonds. The van der Waals surface area contributed by atoms with E-state index >= 15 is 0 Å². The average molecular weight is 333 g/mol. The van der Waals surface area contributed by atoms with Crippen LogP contribution >= 0.6 is 0 Å². The summed E-state index contributed by atoms with van der Waals surface area (Å²) >= 11 is 0. The molecule has 1 N–H and O–H groups in total. The van der Waals surface area contributed by atoms with Crippen molar-refractivity contribution >= 4 is 6.03 Å². The maximum atomic E-state index is 12.3. The van der Waals surface area contributed by atoms with E-state index in [1.165, 1.54) is 17.5 Å². The molecule has 2 rings (SSSR count). The van der Waals surface area contributed by atoms with Crippen LogP contribution in [0.2, 0.25) is 0 Å². The zero-order valence-corrected chi connectivity index (χ0v) is 15.5. The van der Waals surface area contributed by atoms with E-state index in [0.717, 1.165) is 31.7 Å². The van der Waals surface area contributed by atoms with Crippen LogP contribution in [0.15, 0.2) is 18.2 Å². The molecule has 1 aromatic rings. The molecule has 1 aliphatic rings. The molecule has 0 bridgehead atoms. The van der Waals surface area contributed by atoms with Gasteiger partial charge >= 0.3 is 6.03 Å². The van der Waals surface area contributed by atoms with Crippen LogP contribution in [0, 0.1) is 0 Å². The van der Waals surface area contributed by atoms with Crippen LogP contribution in [0.4, 0.5) is 4.79 Å². The highest BCUT2D eigenvalue weighted by Crippen LogP contribution is 2.30. The molecule has 0 unspecified atom stereocenters. The Bertz CT molecular complexity index is 543. The van der Waals surface area contributed by atoms with Crippen LogP contribution in [-0.2, 0) is 12.8 Å². The van der Waals surface area contributed by atoms with Crippen LogP contribution in [-0.4, -0.2) is 62.2 Å². The van der Waals surface area contributed by atoms with E-state index < -0.39 is 0 Å². The van der Waals surface area contributed by atoms with Gasteiger partial charge in [-0.05, 0) is 64.4 Å². The maximum Gasteiger partial charge on any atom is 0.317 e. The van der Waals surface area contributed by atoms with Gasteiger partial charge in [-0.3, -0.25) is 0 Å². The molecule has 0 saturated heterocycles. The van der Waals surface area contributed by atoms with Crippen molar-refractivity contribution in [3.05, 3.63) is 29.3 Å². The van der Waals surface area contributed by atoms with Gasteiger partial charge in [0.1, 0.15) is 12.4 Å². The number of amides is 2. The average Bonchev–Trinajstić information content (AvgIpc) is 3.00. The molecule has 5 nitrogen and oxygen atoms in total. The normalized spacial score (nSPS) is 13.2. The lowest BCUT2D eigenvalue weighted by molar-refractivity contribution is 0.174. The van der Waals surface area contributed by atoms with E-state index in [1.54, 1.807) is 0 Å². The number of carbonyl (C=O) groups excluding carboxylic acids is 1. The van der Waals surface area contributed by atoms with Crippen LogP contribution in [0.1, 0.15) is 31.4 Å². The summed E-state index contributed by atoms with van der Waals surface area (Å²) in [4.78, 5) is 16.3. The zero-order chi connectivity index (χ0) is 17.5. The fraction of sp³-hybridized carbons (Fsp3) is 0.632. The number of carbonyl (C=O) groups is 1. The number of hydrogen-bond acceptors (Lipinski definition) is 3. The summed E-state index contributed by atoms with van der Waals surface area (Å²) in [6.45, 7) is 6.69. The van der Waals surface area contributed by atoms with Crippen molar-refractivity contribution in [3.8, 4) is 5.75 Å². The number of rotatable bonds is 8. The Kier molecular flexibility index (Phi) is 6.91. The van der Waals surface area contributed by atoms with Crippen molar-refractivity contribution in [3.63, 3.8) is 0 Å². The number of urea groups is 1. The summed E-state index contributed by atoms with van der Waals surface area (Å²) in [5.74, 6) is 0.979. The number of aryl methyl sites for hydroxylation is 1. The largest absolute Gasteiger partial charge is 0.491 e. The predicted octanol–water partition coefficient (Wildman–Crippen LogP) is 2.54. The molecule has 0 atom stereocenters. The molecule has 5 heteroatoms. The number of ether oxygens (including phenoxy) is 1. The molecule has 0 aromatic heterocycles. The molecule has 0 heterocycles. The Morgan fingerprint density at radius 1 is 1.25 bits per heavy atom.